The van der Waals surface area contributed by atoms with Gasteiger partial charge in [0.2, 0.25) is 0 Å². The first-order valence-corrected chi connectivity index (χ1v) is 5.89. The van der Waals surface area contributed by atoms with Crippen LogP contribution in [0.4, 0.5) is 11.4 Å². The van der Waals surface area contributed by atoms with Crippen molar-refractivity contribution in [2.24, 2.45) is 0 Å². The van der Waals surface area contributed by atoms with Gasteiger partial charge >= 0.3 is 5.97 Å². The molecule has 19 heavy (non-hydrogen) atoms. The van der Waals surface area contributed by atoms with E-state index < -0.39 is 10.9 Å². The fourth-order valence-electron chi connectivity index (χ4n) is 1.52. The van der Waals surface area contributed by atoms with E-state index in [1.807, 2.05) is 6.92 Å². The summed E-state index contributed by atoms with van der Waals surface area (Å²) >= 11 is 0. The van der Waals surface area contributed by atoms with Crippen molar-refractivity contribution in [2.75, 3.05) is 25.1 Å². The molecule has 1 aromatic rings. The van der Waals surface area contributed by atoms with Gasteiger partial charge in [0.05, 0.1) is 16.2 Å². The first-order valence-electron chi connectivity index (χ1n) is 5.89. The maximum Gasteiger partial charge on any atom is 0.337 e. The van der Waals surface area contributed by atoms with E-state index in [1.54, 1.807) is 0 Å². The lowest BCUT2D eigenvalue weighted by molar-refractivity contribution is -0.384. The molecule has 0 aromatic heterocycles. The number of aromatic carboxylic acids is 1. The van der Waals surface area contributed by atoms with Gasteiger partial charge in [-0.05, 0) is 19.4 Å². The Kier molecular flexibility index (Phi) is 5.74. The summed E-state index contributed by atoms with van der Waals surface area (Å²) in [5.41, 5.74) is 0.123. The van der Waals surface area contributed by atoms with Gasteiger partial charge in [0, 0.05) is 31.9 Å². The van der Waals surface area contributed by atoms with Crippen molar-refractivity contribution in [1.29, 1.82) is 0 Å². The number of benzene rings is 1. The number of hydrogen-bond donors (Lipinski definition) is 2. The lowest BCUT2D eigenvalue weighted by Gasteiger charge is -2.09. The second-order valence-corrected chi connectivity index (χ2v) is 3.77. The van der Waals surface area contributed by atoms with Crippen LogP contribution in [0.25, 0.3) is 0 Å². The van der Waals surface area contributed by atoms with Gasteiger partial charge in [0.25, 0.3) is 5.69 Å². The summed E-state index contributed by atoms with van der Waals surface area (Å²) in [6.07, 6.45) is 0.690. The molecule has 0 amide bonds. The Balaban J connectivity index is 2.74. The molecule has 0 unspecified atom stereocenters. The number of hydrogen-bond acceptors (Lipinski definition) is 5. The first-order chi connectivity index (χ1) is 9.06. The topological polar surface area (TPSA) is 102 Å². The van der Waals surface area contributed by atoms with Crippen LogP contribution in [0.1, 0.15) is 23.7 Å². The van der Waals surface area contributed by atoms with Gasteiger partial charge in [-0.1, -0.05) is 0 Å². The van der Waals surface area contributed by atoms with Gasteiger partial charge in [-0.2, -0.15) is 0 Å². The summed E-state index contributed by atoms with van der Waals surface area (Å²) < 4.78 is 5.15. The third-order valence-electron chi connectivity index (χ3n) is 2.43. The van der Waals surface area contributed by atoms with Crippen molar-refractivity contribution in [3.63, 3.8) is 0 Å². The predicted molar refractivity (Wildman–Crippen MR) is 69.7 cm³/mol. The summed E-state index contributed by atoms with van der Waals surface area (Å²) in [5.74, 6) is -1.12. The quantitative estimate of drug-likeness (QED) is 0.425. The number of nitrogens with zero attached hydrogens (tertiary/aromatic N) is 1. The molecule has 0 heterocycles. The molecule has 0 fully saturated rings. The summed E-state index contributed by atoms with van der Waals surface area (Å²) in [6.45, 7) is 3.55. The number of carbonyl (C=O) groups is 1. The first kappa shape index (κ1) is 14.9. The molecule has 0 bridgehead atoms. The van der Waals surface area contributed by atoms with E-state index in [0.717, 1.165) is 0 Å². The highest BCUT2D eigenvalue weighted by atomic mass is 16.6. The number of carboxylic acids is 1. The minimum atomic E-state index is -1.12. The van der Waals surface area contributed by atoms with Crippen molar-refractivity contribution < 1.29 is 19.6 Å². The highest BCUT2D eigenvalue weighted by Gasteiger charge is 2.14. The number of anilines is 1. The number of non-ortho nitro benzene ring substituents is 1. The molecule has 0 aliphatic heterocycles. The number of nitro benzene ring substituents is 1. The zero-order chi connectivity index (χ0) is 14.3. The molecule has 0 spiro atoms. The van der Waals surface area contributed by atoms with E-state index in [2.05, 4.69) is 5.32 Å². The van der Waals surface area contributed by atoms with Crippen LogP contribution < -0.4 is 5.32 Å². The van der Waals surface area contributed by atoms with E-state index in [-0.39, 0.29) is 16.9 Å². The number of ether oxygens (including phenoxy) is 1. The second kappa shape index (κ2) is 7.32. The number of nitro groups is 1. The zero-order valence-corrected chi connectivity index (χ0v) is 10.6. The third kappa shape index (κ3) is 4.55. The van der Waals surface area contributed by atoms with Gasteiger partial charge in [0.15, 0.2) is 0 Å². The van der Waals surface area contributed by atoms with Crippen LogP contribution >= 0.6 is 0 Å². The molecule has 1 aromatic carbocycles. The molecule has 0 radical (unpaired) electrons. The van der Waals surface area contributed by atoms with Crippen molar-refractivity contribution in [3.05, 3.63) is 33.9 Å². The van der Waals surface area contributed by atoms with Crippen LogP contribution in [0.15, 0.2) is 18.2 Å². The van der Waals surface area contributed by atoms with Crippen LogP contribution in [0, 0.1) is 10.1 Å². The summed E-state index contributed by atoms with van der Waals surface area (Å²) in [5, 5.41) is 22.5. The Morgan fingerprint density at radius 2 is 2.26 bits per heavy atom. The molecular formula is C12H16N2O5. The van der Waals surface area contributed by atoms with Gasteiger partial charge < -0.3 is 15.2 Å². The van der Waals surface area contributed by atoms with Gasteiger partial charge in [-0.15, -0.1) is 0 Å². The Bertz CT molecular complexity index is 461. The lowest BCUT2D eigenvalue weighted by Crippen LogP contribution is -2.10. The van der Waals surface area contributed by atoms with Crippen molar-refractivity contribution >= 4 is 17.3 Å². The molecule has 7 heteroatoms. The van der Waals surface area contributed by atoms with Crippen molar-refractivity contribution in [3.8, 4) is 0 Å². The lowest BCUT2D eigenvalue weighted by atomic mass is 10.1. The van der Waals surface area contributed by atoms with Crippen LogP contribution in [0.5, 0.6) is 0 Å². The fourth-order valence-corrected chi connectivity index (χ4v) is 1.52. The Hall–Kier alpha value is -2.15. The van der Waals surface area contributed by atoms with E-state index >= 15 is 0 Å². The predicted octanol–water partition coefficient (Wildman–Crippen LogP) is 2.13. The highest BCUT2D eigenvalue weighted by Crippen LogP contribution is 2.22. The molecule has 0 aliphatic carbocycles. The van der Waals surface area contributed by atoms with Gasteiger partial charge in [-0.25, -0.2) is 4.79 Å². The van der Waals surface area contributed by atoms with Gasteiger partial charge in [-0.3, -0.25) is 10.1 Å². The normalized spacial score (nSPS) is 10.2. The number of rotatable bonds is 8. The van der Waals surface area contributed by atoms with Crippen LogP contribution in [0.3, 0.4) is 0 Å². The van der Waals surface area contributed by atoms with Crippen LogP contribution in [0.2, 0.25) is 0 Å². The van der Waals surface area contributed by atoms with E-state index in [1.165, 1.54) is 18.2 Å². The van der Waals surface area contributed by atoms with E-state index in [9.17, 15) is 14.9 Å². The Labute approximate surface area is 110 Å². The standard InChI is InChI=1S/C12H16N2O5/c1-2-19-7-3-6-13-11-8-9(14(17)18)4-5-10(11)12(15)16/h4-5,8,13H,2-3,6-7H2,1H3,(H,15,16). The number of nitrogens with one attached hydrogen (secondary N) is 1. The Morgan fingerprint density at radius 1 is 1.53 bits per heavy atom. The second-order valence-electron chi connectivity index (χ2n) is 3.77. The summed E-state index contributed by atoms with van der Waals surface area (Å²) in [6, 6.07) is 3.63. The molecule has 0 atom stereocenters. The molecular weight excluding hydrogens is 252 g/mol. The largest absolute Gasteiger partial charge is 0.478 e. The summed E-state index contributed by atoms with van der Waals surface area (Å²) in [7, 11) is 0. The molecule has 7 nitrogen and oxygen atoms in total. The van der Waals surface area contributed by atoms with E-state index in [4.69, 9.17) is 9.84 Å². The monoisotopic (exact) mass is 268 g/mol. The maximum atomic E-state index is 11.0. The minimum absolute atomic E-state index is 0.0157. The van der Waals surface area contributed by atoms with E-state index in [0.29, 0.717) is 26.2 Å². The third-order valence-corrected chi connectivity index (χ3v) is 2.43. The highest BCUT2D eigenvalue weighted by molar-refractivity contribution is 5.94. The van der Waals surface area contributed by atoms with Crippen LogP contribution in [-0.2, 0) is 4.74 Å². The van der Waals surface area contributed by atoms with Crippen molar-refractivity contribution in [2.45, 2.75) is 13.3 Å². The zero-order valence-electron chi connectivity index (χ0n) is 10.6. The molecule has 0 saturated heterocycles. The smallest absolute Gasteiger partial charge is 0.337 e. The Morgan fingerprint density at radius 3 is 2.84 bits per heavy atom. The fraction of sp³-hybridized carbons (Fsp3) is 0.417. The van der Waals surface area contributed by atoms with Crippen LogP contribution in [-0.4, -0.2) is 35.8 Å². The SMILES string of the molecule is CCOCCCNc1cc([N+](=O)[O-])ccc1C(=O)O. The average Bonchev–Trinajstić information content (AvgIpc) is 2.38. The summed E-state index contributed by atoms with van der Waals surface area (Å²) in [4.78, 5) is 21.1. The van der Waals surface area contributed by atoms with Gasteiger partial charge in [0.1, 0.15) is 0 Å². The minimum Gasteiger partial charge on any atom is -0.478 e. The molecule has 2 N–H and O–H groups in total. The molecule has 1 rings (SSSR count). The molecule has 0 aliphatic rings. The van der Waals surface area contributed by atoms with Crippen molar-refractivity contribution in [1.82, 2.24) is 0 Å². The molecule has 104 valence electrons. The average molecular weight is 268 g/mol. The number of carboxylic acid groups (broad SMARTS) is 1. The molecule has 0 saturated carbocycles. The maximum absolute atomic E-state index is 11.0.